The molecule has 0 aromatic carbocycles. The molecule has 1 aliphatic heterocycles. The van der Waals surface area contributed by atoms with Crippen molar-refractivity contribution in [1.29, 1.82) is 0 Å². The van der Waals surface area contributed by atoms with Crippen LogP contribution < -0.4 is 0 Å². The highest BCUT2D eigenvalue weighted by molar-refractivity contribution is 5.49. The van der Waals surface area contributed by atoms with E-state index in [9.17, 15) is 9.90 Å². The number of aromatic nitrogens is 1. The first kappa shape index (κ1) is 12.0. The Morgan fingerprint density at radius 3 is 3.12 bits per heavy atom. The maximum Gasteiger partial charge on any atom is 0.210 e. The Balaban J connectivity index is 2.31. The molecule has 1 atom stereocenters. The lowest BCUT2D eigenvalue weighted by Crippen LogP contribution is -2.28. The van der Waals surface area contributed by atoms with Crippen molar-refractivity contribution in [1.82, 2.24) is 9.88 Å². The van der Waals surface area contributed by atoms with Gasteiger partial charge in [0.25, 0.3) is 0 Å². The van der Waals surface area contributed by atoms with Crippen LogP contribution in [0.2, 0.25) is 0 Å². The van der Waals surface area contributed by atoms with Gasteiger partial charge in [-0.05, 0) is 24.5 Å². The van der Waals surface area contributed by atoms with Crippen LogP contribution in [0.25, 0.3) is 0 Å². The van der Waals surface area contributed by atoms with Crippen molar-refractivity contribution in [3.63, 3.8) is 0 Å². The normalized spacial score (nSPS) is 21.0. The fourth-order valence-corrected chi connectivity index (χ4v) is 2.48. The topological polar surface area (TPSA) is 53.4 Å². The first-order valence-corrected chi connectivity index (χ1v) is 6.12. The average molecular weight is 234 g/mol. The quantitative estimate of drug-likeness (QED) is 0.809. The van der Waals surface area contributed by atoms with Crippen LogP contribution in [0.5, 0.6) is 0 Å². The lowest BCUT2D eigenvalue weighted by Gasteiger charge is -2.27. The van der Waals surface area contributed by atoms with Gasteiger partial charge in [-0.15, -0.1) is 0 Å². The molecule has 2 heterocycles. The maximum atomic E-state index is 11.1. The maximum absolute atomic E-state index is 11.1. The lowest BCUT2D eigenvalue weighted by molar-refractivity contribution is -0.120. The minimum absolute atomic E-state index is 0.0701. The summed E-state index contributed by atoms with van der Waals surface area (Å²) in [5.41, 5.74) is 1.68. The standard InChI is InChI=1S/C13H18N2O2/c16-9-12-11(5-4-7-14-12)13-6-2-1-3-8-15(13)10-17/h4-5,7,10,13,16H,1-3,6,8-9H2/t13-/m1/s1. The van der Waals surface area contributed by atoms with E-state index in [-0.39, 0.29) is 12.6 Å². The monoisotopic (exact) mass is 234 g/mol. The third-order valence-electron chi connectivity index (χ3n) is 3.36. The Morgan fingerprint density at radius 2 is 2.35 bits per heavy atom. The SMILES string of the molecule is O=CN1CCCCC[C@@H]1c1cccnc1CO. The molecule has 0 unspecified atom stereocenters. The van der Waals surface area contributed by atoms with Crippen LogP contribution in [0.4, 0.5) is 0 Å². The molecule has 1 N–H and O–H groups in total. The second-order valence-electron chi connectivity index (χ2n) is 4.41. The van der Waals surface area contributed by atoms with E-state index in [4.69, 9.17) is 0 Å². The number of carbonyl (C=O) groups is 1. The van der Waals surface area contributed by atoms with E-state index in [1.807, 2.05) is 17.0 Å². The molecule has 0 aliphatic carbocycles. The van der Waals surface area contributed by atoms with Gasteiger partial charge in [-0.2, -0.15) is 0 Å². The summed E-state index contributed by atoms with van der Waals surface area (Å²) in [6, 6.07) is 3.90. The van der Waals surface area contributed by atoms with Crippen molar-refractivity contribution in [3.05, 3.63) is 29.6 Å². The predicted octanol–water partition coefficient (Wildman–Crippen LogP) is 1.65. The Hall–Kier alpha value is -1.42. The number of amides is 1. The largest absolute Gasteiger partial charge is 0.390 e. The summed E-state index contributed by atoms with van der Waals surface area (Å²) in [5, 5.41) is 9.31. The molecule has 1 aliphatic rings. The summed E-state index contributed by atoms with van der Waals surface area (Å²) in [7, 11) is 0. The second-order valence-corrected chi connectivity index (χ2v) is 4.41. The number of hydrogen-bond donors (Lipinski definition) is 1. The molecule has 92 valence electrons. The Morgan fingerprint density at radius 1 is 1.47 bits per heavy atom. The molecule has 1 aromatic rings. The molecule has 17 heavy (non-hydrogen) atoms. The molecule has 1 fully saturated rings. The van der Waals surface area contributed by atoms with Crippen LogP contribution in [-0.2, 0) is 11.4 Å². The molecule has 2 rings (SSSR count). The van der Waals surface area contributed by atoms with Gasteiger partial charge in [-0.25, -0.2) is 0 Å². The van der Waals surface area contributed by atoms with Crippen molar-refractivity contribution >= 4 is 6.41 Å². The molecular weight excluding hydrogens is 216 g/mol. The molecule has 0 bridgehead atoms. The molecule has 1 saturated heterocycles. The number of aliphatic hydroxyl groups excluding tert-OH is 1. The zero-order valence-electron chi connectivity index (χ0n) is 9.88. The molecule has 4 nitrogen and oxygen atoms in total. The lowest BCUT2D eigenvalue weighted by atomic mass is 10.00. The van der Waals surface area contributed by atoms with E-state index in [1.54, 1.807) is 6.20 Å². The van der Waals surface area contributed by atoms with Gasteiger partial charge in [-0.1, -0.05) is 18.9 Å². The molecular formula is C13H18N2O2. The van der Waals surface area contributed by atoms with Crippen molar-refractivity contribution in [2.75, 3.05) is 6.54 Å². The van der Waals surface area contributed by atoms with Crippen molar-refractivity contribution in [3.8, 4) is 0 Å². The second kappa shape index (κ2) is 5.77. The van der Waals surface area contributed by atoms with Crippen molar-refractivity contribution in [2.24, 2.45) is 0 Å². The highest BCUT2D eigenvalue weighted by Crippen LogP contribution is 2.30. The van der Waals surface area contributed by atoms with E-state index < -0.39 is 0 Å². The highest BCUT2D eigenvalue weighted by Gasteiger charge is 2.23. The van der Waals surface area contributed by atoms with E-state index in [2.05, 4.69) is 4.98 Å². The van der Waals surface area contributed by atoms with Crippen LogP contribution >= 0.6 is 0 Å². The number of nitrogens with zero attached hydrogens (tertiary/aromatic N) is 2. The van der Waals surface area contributed by atoms with Gasteiger partial charge >= 0.3 is 0 Å². The van der Waals surface area contributed by atoms with Gasteiger partial charge in [0.2, 0.25) is 6.41 Å². The summed E-state index contributed by atoms with van der Waals surface area (Å²) >= 11 is 0. The average Bonchev–Trinajstić information content (AvgIpc) is 2.63. The van der Waals surface area contributed by atoms with E-state index in [1.165, 1.54) is 0 Å². The van der Waals surface area contributed by atoms with Crippen LogP contribution in [0.15, 0.2) is 18.3 Å². The van der Waals surface area contributed by atoms with Crippen LogP contribution in [0.1, 0.15) is 43.0 Å². The first-order valence-electron chi connectivity index (χ1n) is 6.12. The summed E-state index contributed by atoms with van der Waals surface area (Å²) in [5.74, 6) is 0. The zero-order chi connectivity index (χ0) is 12.1. The summed E-state index contributed by atoms with van der Waals surface area (Å²) in [4.78, 5) is 17.2. The van der Waals surface area contributed by atoms with Gasteiger partial charge < -0.3 is 10.0 Å². The van der Waals surface area contributed by atoms with Crippen molar-refractivity contribution < 1.29 is 9.90 Å². The Kier molecular flexibility index (Phi) is 4.09. The minimum Gasteiger partial charge on any atom is -0.390 e. The van der Waals surface area contributed by atoms with Gasteiger partial charge in [0, 0.05) is 12.7 Å². The predicted molar refractivity (Wildman–Crippen MR) is 64.1 cm³/mol. The number of aliphatic hydroxyl groups is 1. The van der Waals surface area contributed by atoms with E-state index >= 15 is 0 Å². The number of rotatable bonds is 3. The van der Waals surface area contributed by atoms with Crippen LogP contribution in [0, 0.1) is 0 Å². The molecule has 0 spiro atoms. The smallest absolute Gasteiger partial charge is 0.210 e. The highest BCUT2D eigenvalue weighted by atomic mass is 16.3. The Bertz CT molecular complexity index is 381. The summed E-state index contributed by atoms with van der Waals surface area (Å²) in [6.45, 7) is 0.729. The molecule has 0 radical (unpaired) electrons. The van der Waals surface area contributed by atoms with E-state index in [0.717, 1.165) is 44.2 Å². The first-order chi connectivity index (χ1) is 8.36. The van der Waals surface area contributed by atoms with Gasteiger partial charge in [0.05, 0.1) is 18.3 Å². The number of likely N-dealkylation sites (tertiary alicyclic amines) is 1. The molecule has 1 aromatic heterocycles. The third kappa shape index (κ3) is 2.64. The van der Waals surface area contributed by atoms with Crippen molar-refractivity contribution in [2.45, 2.75) is 38.3 Å². The van der Waals surface area contributed by atoms with Crippen LogP contribution in [0.3, 0.4) is 0 Å². The van der Waals surface area contributed by atoms with Gasteiger partial charge in [0.1, 0.15) is 0 Å². The molecule has 4 heteroatoms. The number of pyridine rings is 1. The van der Waals surface area contributed by atoms with E-state index in [0.29, 0.717) is 5.69 Å². The molecule has 1 amide bonds. The fourth-order valence-electron chi connectivity index (χ4n) is 2.48. The third-order valence-corrected chi connectivity index (χ3v) is 3.36. The van der Waals surface area contributed by atoms with Crippen LogP contribution in [-0.4, -0.2) is 27.9 Å². The minimum atomic E-state index is -0.0701. The molecule has 0 saturated carbocycles. The Labute approximate surface area is 101 Å². The zero-order valence-corrected chi connectivity index (χ0v) is 9.88. The number of carbonyl (C=O) groups excluding carboxylic acids is 1. The summed E-state index contributed by atoms with van der Waals surface area (Å²) in [6.07, 6.45) is 6.90. The fraction of sp³-hybridized carbons (Fsp3) is 0.538. The van der Waals surface area contributed by atoms with Gasteiger partial charge in [-0.3, -0.25) is 9.78 Å². The summed E-state index contributed by atoms with van der Waals surface area (Å²) < 4.78 is 0. The number of hydrogen-bond acceptors (Lipinski definition) is 3. The van der Waals surface area contributed by atoms with Gasteiger partial charge in [0.15, 0.2) is 0 Å².